The first kappa shape index (κ1) is 12.8. The molecule has 1 rings (SSSR count). The maximum Gasteiger partial charge on any atom is 0.0266 e. The topological polar surface area (TPSA) is 29.3 Å². The zero-order valence-electron chi connectivity index (χ0n) is 10.5. The molecule has 0 saturated heterocycles. The highest BCUT2D eigenvalue weighted by atomic mass is 15.1. The van der Waals surface area contributed by atoms with Crippen molar-refractivity contribution in [3.05, 3.63) is 47.7 Å². The fraction of sp³-hybridized carbons (Fsp3) is 0.429. The second-order valence-corrected chi connectivity index (χ2v) is 4.29. The summed E-state index contributed by atoms with van der Waals surface area (Å²) in [7, 11) is 2.07. The SMILES string of the molecule is C=C(Cc1cccc(C(C)N)c1)N(C)CC. The summed E-state index contributed by atoms with van der Waals surface area (Å²) >= 11 is 0. The molecular weight excluding hydrogens is 196 g/mol. The van der Waals surface area contributed by atoms with Gasteiger partial charge in [0, 0.05) is 31.8 Å². The van der Waals surface area contributed by atoms with Crippen LogP contribution in [0.25, 0.3) is 0 Å². The van der Waals surface area contributed by atoms with Crippen molar-refractivity contribution in [3.63, 3.8) is 0 Å². The molecule has 0 radical (unpaired) electrons. The van der Waals surface area contributed by atoms with E-state index in [1.54, 1.807) is 0 Å². The van der Waals surface area contributed by atoms with Crippen molar-refractivity contribution in [3.8, 4) is 0 Å². The average molecular weight is 218 g/mol. The summed E-state index contributed by atoms with van der Waals surface area (Å²) < 4.78 is 0. The van der Waals surface area contributed by atoms with Gasteiger partial charge in [0.25, 0.3) is 0 Å². The molecule has 1 aromatic rings. The molecule has 0 heterocycles. The number of hydrogen-bond donors (Lipinski definition) is 1. The van der Waals surface area contributed by atoms with E-state index in [4.69, 9.17) is 5.73 Å². The summed E-state index contributed by atoms with van der Waals surface area (Å²) in [5.74, 6) is 0. The van der Waals surface area contributed by atoms with Gasteiger partial charge < -0.3 is 10.6 Å². The molecule has 2 N–H and O–H groups in total. The maximum atomic E-state index is 5.87. The van der Waals surface area contributed by atoms with Gasteiger partial charge in [-0.2, -0.15) is 0 Å². The van der Waals surface area contributed by atoms with E-state index >= 15 is 0 Å². The minimum atomic E-state index is 0.0946. The van der Waals surface area contributed by atoms with Gasteiger partial charge in [-0.15, -0.1) is 0 Å². The Hall–Kier alpha value is -1.28. The molecule has 0 aliphatic carbocycles. The molecule has 16 heavy (non-hydrogen) atoms. The minimum Gasteiger partial charge on any atom is -0.378 e. The van der Waals surface area contributed by atoms with Gasteiger partial charge in [-0.3, -0.25) is 0 Å². The molecule has 0 bridgehead atoms. The Labute approximate surface area is 98.8 Å². The Morgan fingerprint density at radius 2 is 2.19 bits per heavy atom. The van der Waals surface area contributed by atoms with Crippen LogP contribution < -0.4 is 5.73 Å². The Bertz CT molecular complexity index is 356. The predicted octanol–water partition coefficient (Wildman–Crippen LogP) is 2.71. The van der Waals surface area contributed by atoms with Crippen LogP contribution in [0.5, 0.6) is 0 Å². The number of nitrogens with two attached hydrogens (primary N) is 1. The molecule has 0 amide bonds. The maximum absolute atomic E-state index is 5.87. The van der Waals surface area contributed by atoms with Gasteiger partial charge >= 0.3 is 0 Å². The van der Waals surface area contributed by atoms with Crippen molar-refractivity contribution in [2.75, 3.05) is 13.6 Å². The Balaban J connectivity index is 2.74. The lowest BCUT2D eigenvalue weighted by Gasteiger charge is -2.20. The lowest BCUT2D eigenvalue weighted by molar-refractivity contribution is 0.433. The quantitative estimate of drug-likeness (QED) is 0.823. The Morgan fingerprint density at radius 3 is 2.75 bits per heavy atom. The second kappa shape index (κ2) is 5.71. The molecule has 0 fully saturated rings. The van der Waals surface area contributed by atoms with E-state index in [-0.39, 0.29) is 6.04 Å². The molecule has 88 valence electrons. The first-order valence-electron chi connectivity index (χ1n) is 5.78. The van der Waals surface area contributed by atoms with Crippen LogP contribution in [0.3, 0.4) is 0 Å². The van der Waals surface area contributed by atoms with Crippen molar-refractivity contribution >= 4 is 0 Å². The molecule has 0 spiro atoms. The van der Waals surface area contributed by atoms with Gasteiger partial charge in [-0.05, 0) is 25.0 Å². The normalized spacial score (nSPS) is 12.2. The van der Waals surface area contributed by atoms with E-state index < -0.39 is 0 Å². The van der Waals surface area contributed by atoms with Gasteiger partial charge in [0.1, 0.15) is 0 Å². The summed E-state index contributed by atoms with van der Waals surface area (Å²) in [5, 5.41) is 0. The average Bonchev–Trinajstić information content (AvgIpc) is 2.28. The number of rotatable bonds is 5. The molecule has 1 aromatic carbocycles. The lowest BCUT2D eigenvalue weighted by Crippen LogP contribution is -2.17. The fourth-order valence-electron chi connectivity index (χ4n) is 1.58. The zero-order valence-corrected chi connectivity index (χ0v) is 10.5. The van der Waals surface area contributed by atoms with Crippen LogP contribution >= 0.6 is 0 Å². The van der Waals surface area contributed by atoms with E-state index in [1.165, 1.54) is 11.1 Å². The fourth-order valence-corrected chi connectivity index (χ4v) is 1.58. The van der Waals surface area contributed by atoms with E-state index in [2.05, 4.69) is 49.7 Å². The second-order valence-electron chi connectivity index (χ2n) is 4.29. The minimum absolute atomic E-state index is 0.0946. The molecule has 1 unspecified atom stereocenters. The summed E-state index contributed by atoms with van der Waals surface area (Å²) in [6, 6.07) is 8.52. The van der Waals surface area contributed by atoms with Gasteiger partial charge in [0.2, 0.25) is 0 Å². The molecule has 0 saturated carbocycles. The van der Waals surface area contributed by atoms with Crippen LogP contribution in [0.2, 0.25) is 0 Å². The van der Waals surface area contributed by atoms with Crippen LogP contribution in [-0.2, 0) is 6.42 Å². The number of benzene rings is 1. The van der Waals surface area contributed by atoms with E-state index in [9.17, 15) is 0 Å². The highest BCUT2D eigenvalue weighted by molar-refractivity contribution is 5.28. The summed E-state index contributed by atoms with van der Waals surface area (Å²) in [5.41, 5.74) is 9.47. The predicted molar refractivity (Wildman–Crippen MR) is 70.2 cm³/mol. The van der Waals surface area contributed by atoms with Gasteiger partial charge in [0.05, 0.1) is 0 Å². The summed E-state index contributed by atoms with van der Waals surface area (Å²) in [6.07, 6.45) is 0.894. The van der Waals surface area contributed by atoms with Crippen LogP contribution in [0, 0.1) is 0 Å². The van der Waals surface area contributed by atoms with Crippen molar-refractivity contribution < 1.29 is 0 Å². The zero-order chi connectivity index (χ0) is 12.1. The smallest absolute Gasteiger partial charge is 0.0266 e. The number of hydrogen-bond acceptors (Lipinski definition) is 2. The van der Waals surface area contributed by atoms with Crippen molar-refractivity contribution in [2.24, 2.45) is 5.73 Å². The van der Waals surface area contributed by atoms with Crippen molar-refractivity contribution in [1.29, 1.82) is 0 Å². The molecule has 0 aromatic heterocycles. The molecular formula is C14H22N2. The summed E-state index contributed by atoms with van der Waals surface area (Å²) in [6.45, 7) is 9.22. The lowest BCUT2D eigenvalue weighted by atomic mass is 10.0. The van der Waals surface area contributed by atoms with Crippen molar-refractivity contribution in [2.45, 2.75) is 26.3 Å². The third kappa shape index (κ3) is 3.38. The van der Waals surface area contributed by atoms with E-state index in [1.807, 2.05) is 6.92 Å². The molecule has 0 aliphatic rings. The van der Waals surface area contributed by atoms with Gasteiger partial charge in [0.15, 0.2) is 0 Å². The first-order valence-corrected chi connectivity index (χ1v) is 5.78. The van der Waals surface area contributed by atoms with Gasteiger partial charge in [-0.1, -0.05) is 30.8 Å². The number of nitrogens with zero attached hydrogens (tertiary/aromatic N) is 1. The van der Waals surface area contributed by atoms with Crippen molar-refractivity contribution in [1.82, 2.24) is 4.90 Å². The largest absolute Gasteiger partial charge is 0.378 e. The highest BCUT2D eigenvalue weighted by Crippen LogP contribution is 2.15. The monoisotopic (exact) mass is 218 g/mol. The Kier molecular flexibility index (Phi) is 4.56. The molecule has 2 heteroatoms. The Morgan fingerprint density at radius 1 is 1.50 bits per heavy atom. The molecule has 0 aliphatic heterocycles. The number of allylic oxidation sites excluding steroid dienone is 1. The van der Waals surface area contributed by atoms with Gasteiger partial charge in [-0.25, -0.2) is 0 Å². The van der Waals surface area contributed by atoms with Crippen LogP contribution in [0.4, 0.5) is 0 Å². The third-order valence-electron chi connectivity index (χ3n) is 2.90. The van der Waals surface area contributed by atoms with E-state index in [0.717, 1.165) is 18.7 Å². The first-order chi connectivity index (χ1) is 7.54. The summed E-state index contributed by atoms with van der Waals surface area (Å²) in [4.78, 5) is 2.17. The third-order valence-corrected chi connectivity index (χ3v) is 2.90. The number of likely N-dealkylation sites (N-methyl/N-ethyl adjacent to an activating group) is 1. The highest BCUT2D eigenvalue weighted by Gasteiger charge is 2.04. The standard InChI is InChI=1S/C14H22N2/c1-5-16(4)11(2)9-13-7-6-8-14(10-13)12(3)15/h6-8,10,12H,2,5,9,15H2,1,3-4H3. The molecule has 2 nitrogen and oxygen atoms in total. The van der Waals surface area contributed by atoms with E-state index in [0.29, 0.717) is 0 Å². The molecule has 1 atom stereocenters. The van der Waals surface area contributed by atoms with Crippen LogP contribution in [0.15, 0.2) is 36.5 Å². The van der Waals surface area contributed by atoms with Crippen LogP contribution in [-0.4, -0.2) is 18.5 Å². The van der Waals surface area contributed by atoms with Crippen LogP contribution in [0.1, 0.15) is 31.0 Å².